The van der Waals surface area contributed by atoms with Crippen molar-refractivity contribution >= 4 is 6.08 Å². The summed E-state index contributed by atoms with van der Waals surface area (Å²) >= 11 is 0. The van der Waals surface area contributed by atoms with E-state index in [1.54, 1.807) is 6.26 Å². The highest BCUT2D eigenvalue weighted by Gasteiger charge is 2.06. The first-order valence-corrected chi connectivity index (χ1v) is 6.46. The number of hydrogen-bond acceptors (Lipinski definition) is 2. The molecule has 96 valence electrons. The lowest BCUT2D eigenvalue weighted by molar-refractivity contribution is 0.546. The largest absolute Gasteiger partial charge is 0.465 e. The molecule has 2 nitrogen and oxygen atoms in total. The minimum Gasteiger partial charge on any atom is -0.465 e. The van der Waals surface area contributed by atoms with Crippen LogP contribution in [-0.4, -0.2) is 13.1 Å². The second-order valence-electron chi connectivity index (χ2n) is 5.37. The van der Waals surface area contributed by atoms with Gasteiger partial charge in [0.05, 0.1) is 6.26 Å². The zero-order valence-electron chi connectivity index (χ0n) is 11.7. The van der Waals surface area contributed by atoms with Crippen molar-refractivity contribution in [3.05, 3.63) is 29.2 Å². The van der Waals surface area contributed by atoms with Crippen LogP contribution in [0.3, 0.4) is 0 Å². The molecule has 1 heterocycles. The van der Waals surface area contributed by atoms with Gasteiger partial charge in [-0.05, 0) is 43.0 Å². The Hall–Kier alpha value is -1.02. The average Bonchev–Trinajstić information content (AvgIpc) is 2.62. The molecule has 0 radical (unpaired) electrons. The van der Waals surface area contributed by atoms with Crippen molar-refractivity contribution in [3.8, 4) is 0 Å². The maximum Gasteiger partial charge on any atom is 0.129 e. The first-order valence-electron chi connectivity index (χ1n) is 6.46. The standard InChI is InChI=1S/C15H25NO/c1-11(2)9-16-10-14(12(3)4)8-15-13(5)6-7-17-15/h6-8,11-12,16H,9-10H2,1-5H3/b14-8-. The van der Waals surface area contributed by atoms with Gasteiger partial charge in [-0.1, -0.05) is 33.3 Å². The Labute approximate surface area is 105 Å². The normalized spacial score (nSPS) is 12.8. The number of hydrogen-bond donors (Lipinski definition) is 1. The van der Waals surface area contributed by atoms with Gasteiger partial charge in [0.2, 0.25) is 0 Å². The Balaban J connectivity index is 2.66. The zero-order chi connectivity index (χ0) is 12.8. The number of nitrogens with one attached hydrogen (secondary N) is 1. The summed E-state index contributed by atoms with van der Waals surface area (Å²) < 4.78 is 5.47. The summed E-state index contributed by atoms with van der Waals surface area (Å²) in [5.41, 5.74) is 2.59. The Kier molecular flexibility index (Phi) is 5.49. The zero-order valence-corrected chi connectivity index (χ0v) is 11.7. The van der Waals surface area contributed by atoms with Crippen LogP contribution in [0.4, 0.5) is 0 Å². The summed E-state index contributed by atoms with van der Waals surface area (Å²) in [6.45, 7) is 13.0. The molecule has 0 saturated carbocycles. The van der Waals surface area contributed by atoms with E-state index < -0.39 is 0 Å². The molecular weight excluding hydrogens is 210 g/mol. The fraction of sp³-hybridized carbons (Fsp3) is 0.600. The molecule has 1 aromatic rings. The summed E-state index contributed by atoms with van der Waals surface area (Å²) in [4.78, 5) is 0. The summed E-state index contributed by atoms with van der Waals surface area (Å²) in [6, 6.07) is 2.01. The topological polar surface area (TPSA) is 25.2 Å². The van der Waals surface area contributed by atoms with Crippen molar-refractivity contribution in [2.45, 2.75) is 34.6 Å². The lowest BCUT2D eigenvalue weighted by Crippen LogP contribution is -2.23. The molecule has 2 heteroatoms. The highest BCUT2D eigenvalue weighted by molar-refractivity contribution is 5.51. The molecule has 1 rings (SSSR count). The van der Waals surface area contributed by atoms with E-state index in [0.29, 0.717) is 11.8 Å². The van der Waals surface area contributed by atoms with E-state index in [0.717, 1.165) is 18.8 Å². The van der Waals surface area contributed by atoms with Gasteiger partial charge in [-0.25, -0.2) is 0 Å². The fourth-order valence-corrected chi connectivity index (χ4v) is 1.63. The molecule has 0 bridgehead atoms. The number of rotatable bonds is 6. The van der Waals surface area contributed by atoms with Gasteiger partial charge in [-0.15, -0.1) is 0 Å². The monoisotopic (exact) mass is 235 g/mol. The summed E-state index contributed by atoms with van der Waals surface area (Å²) in [7, 11) is 0. The van der Waals surface area contributed by atoms with E-state index in [1.807, 2.05) is 6.07 Å². The van der Waals surface area contributed by atoms with Crippen molar-refractivity contribution < 1.29 is 4.42 Å². The van der Waals surface area contributed by atoms with Gasteiger partial charge in [-0.2, -0.15) is 0 Å². The van der Waals surface area contributed by atoms with Crippen LogP contribution in [0.15, 0.2) is 22.3 Å². The molecule has 0 aliphatic rings. The van der Waals surface area contributed by atoms with Gasteiger partial charge >= 0.3 is 0 Å². The minimum absolute atomic E-state index is 0.541. The van der Waals surface area contributed by atoms with E-state index in [1.165, 1.54) is 11.1 Å². The summed E-state index contributed by atoms with van der Waals surface area (Å²) in [5, 5.41) is 3.49. The predicted molar refractivity (Wildman–Crippen MR) is 74.0 cm³/mol. The average molecular weight is 235 g/mol. The maximum absolute atomic E-state index is 5.47. The summed E-state index contributed by atoms with van der Waals surface area (Å²) in [6.07, 6.45) is 3.92. The first-order chi connectivity index (χ1) is 8.00. The van der Waals surface area contributed by atoms with E-state index in [4.69, 9.17) is 4.42 Å². The van der Waals surface area contributed by atoms with Gasteiger partial charge < -0.3 is 9.73 Å². The minimum atomic E-state index is 0.541. The van der Waals surface area contributed by atoms with Crippen LogP contribution in [-0.2, 0) is 0 Å². The molecule has 1 aromatic heterocycles. The fourth-order valence-electron chi connectivity index (χ4n) is 1.63. The van der Waals surface area contributed by atoms with Crippen LogP contribution in [0.1, 0.15) is 39.0 Å². The number of furan rings is 1. The Morgan fingerprint density at radius 1 is 1.35 bits per heavy atom. The molecule has 0 aromatic carbocycles. The van der Waals surface area contributed by atoms with Crippen LogP contribution < -0.4 is 5.32 Å². The molecular formula is C15H25NO. The smallest absolute Gasteiger partial charge is 0.129 e. The first kappa shape index (κ1) is 14.0. The van der Waals surface area contributed by atoms with Crippen LogP contribution in [0.2, 0.25) is 0 Å². The van der Waals surface area contributed by atoms with Crippen LogP contribution >= 0.6 is 0 Å². The van der Waals surface area contributed by atoms with E-state index >= 15 is 0 Å². The van der Waals surface area contributed by atoms with Gasteiger partial charge in [0.1, 0.15) is 5.76 Å². The lowest BCUT2D eigenvalue weighted by atomic mass is 10.0. The van der Waals surface area contributed by atoms with Gasteiger partial charge in [-0.3, -0.25) is 0 Å². The third-order valence-electron chi connectivity index (χ3n) is 2.84. The second kappa shape index (κ2) is 6.65. The Morgan fingerprint density at radius 3 is 2.53 bits per heavy atom. The highest BCUT2D eigenvalue weighted by atomic mass is 16.3. The highest BCUT2D eigenvalue weighted by Crippen LogP contribution is 2.17. The Bertz CT molecular complexity index is 361. The molecule has 0 unspecified atom stereocenters. The molecule has 0 fully saturated rings. The predicted octanol–water partition coefficient (Wildman–Crippen LogP) is 3.87. The van der Waals surface area contributed by atoms with E-state index in [2.05, 4.69) is 46.0 Å². The van der Waals surface area contributed by atoms with Crippen molar-refractivity contribution in [2.24, 2.45) is 11.8 Å². The lowest BCUT2D eigenvalue weighted by Gasteiger charge is -2.13. The molecule has 0 saturated heterocycles. The van der Waals surface area contributed by atoms with E-state index in [-0.39, 0.29) is 0 Å². The number of aryl methyl sites for hydroxylation is 1. The third kappa shape index (κ3) is 4.78. The molecule has 0 aliphatic heterocycles. The van der Waals surface area contributed by atoms with Crippen LogP contribution in [0, 0.1) is 18.8 Å². The van der Waals surface area contributed by atoms with E-state index in [9.17, 15) is 0 Å². The van der Waals surface area contributed by atoms with Crippen molar-refractivity contribution in [3.63, 3.8) is 0 Å². The molecule has 17 heavy (non-hydrogen) atoms. The Morgan fingerprint density at radius 2 is 2.06 bits per heavy atom. The quantitative estimate of drug-likeness (QED) is 0.809. The molecule has 0 amide bonds. The van der Waals surface area contributed by atoms with Crippen molar-refractivity contribution in [1.82, 2.24) is 5.32 Å². The van der Waals surface area contributed by atoms with Crippen molar-refractivity contribution in [2.75, 3.05) is 13.1 Å². The SMILES string of the molecule is Cc1ccoc1/C=C(/CNCC(C)C)C(C)C. The maximum atomic E-state index is 5.47. The molecule has 0 atom stereocenters. The van der Waals surface area contributed by atoms with Gasteiger partial charge in [0, 0.05) is 6.54 Å². The molecule has 0 spiro atoms. The van der Waals surface area contributed by atoms with Crippen LogP contribution in [0.5, 0.6) is 0 Å². The summed E-state index contributed by atoms with van der Waals surface area (Å²) in [5.74, 6) is 2.22. The second-order valence-corrected chi connectivity index (χ2v) is 5.37. The van der Waals surface area contributed by atoms with Crippen molar-refractivity contribution in [1.29, 1.82) is 0 Å². The van der Waals surface area contributed by atoms with Gasteiger partial charge in [0.15, 0.2) is 0 Å². The molecule has 0 aliphatic carbocycles. The van der Waals surface area contributed by atoms with Crippen LogP contribution in [0.25, 0.3) is 6.08 Å². The third-order valence-corrected chi connectivity index (χ3v) is 2.84. The molecule has 1 N–H and O–H groups in total. The van der Waals surface area contributed by atoms with Gasteiger partial charge in [0.25, 0.3) is 0 Å².